The minimum absolute atomic E-state index is 0.0205. The zero-order valence-electron chi connectivity index (χ0n) is 17.7. The number of aryl methyl sites for hydroxylation is 1. The highest BCUT2D eigenvalue weighted by molar-refractivity contribution is 6.31. The summed E-state index contributed by atoms with van der Waals surface area (Å²) in [5, 5.41) is 11.6. The number of likely N-dealkylation sites (tertiary alicyclic amines) is 1. The van der Waals surface area contributed by atoms with Gasteiger partial charge in [0.25, 0.3) is 11.6 Å². The molecular formula is C24H24ClN3O4. The van der Waals surface area contributed by atoms with Crippen molar-refractivity contribution in [1.82, 2.24) is 4.90 Å². The first-order valence-electron chi connectivity index (χ1n) is 10.5. The van der Waals surface area contributed by atoms with Crippen LogP contribution in [0.4, 0.5) is 11.4 Å². The third kappa shape index (κ3) is 4.84. The monoisotopic (exact) mass is 453 g/mol. The maximum atomic E-state index is 13.2. The van der Waals surface area contributed by atoms with Crippen molar-refractivity contribution in [2.45, 2.75) is 32.4 Å². The van der Waals surface area contributed by atoms with E-state index < -0.39 is 4.92 Å². The van der Waals surface area contributed by atoms with Crippen LogP contribution in [0.3, 0.4) is 0 Å². The Morgan fingerprint density at radius 1 is 1.19 bits per heavy atom. The molecule has 4 rings (SSSR count). The van der Waals surface area contributed by atoms with Gasteiger partial charge in [0.1, 0.15) is 0 Å². The summed E-state index contributed by atoms with van der Waals surface area (Å²) in [6.45, 7) is 4.04. The van der Waals surface area contributed by atoms with Crippen LogP contribution in [0.1, 0.15) is 34.5 Å². The highest BCUT2D eigenvalue weighted by Gasteiger charge is 2.31. The number of non-ortho nitro benzene ring substituents is 1. The first-order chi connectivity index (χ1) is 15.4. The molecule has 0 saturated carbocycles. The smallest absolute Gasteiger partial charge is 0.294 e. The van der Waals surface area contributed by atoms with Crippen molar-refractivity contribution in [2.75, 3.05) is 18.0 Å². The van der Waals surface area contributed by atoms with E-state index in [-0.39, 0.29) is 17.6 Å². The lowest BCUT2D eigenvalue weighted by Gasteiger charge is -2.38. The van der Waals surface area contributed by atoms with E-state index in [0.717, 1.165) is 42.7 Å². The van der Waals surface area contributed by atoms with Gasteiger partial charge in [0, 0.05) is 48.5 Å². The average molecular weight is 454 g/mol. The van der Waals surface area contributed by atoms with Gasteiger partial charge in [-0.1, -0.05) is 29.3 Å². The Morgan fingerprint density at radius 2 is 1.91 bits per heavy atom. The van der Waals surface area contributed by atoms with Crippen LogP contribution in [-0.4, -0.2) is 34.9 Å². The Kier molecular flexibility index (Phi) is 6.58. The normalized spacial score (nSPS) is 14.9. The van der Waals surface area contributed by atoms with Crippen molar-refractivity contribution < 1.29 is 14.1 Å². The number of carbonyl (C=O) groups is 1. The summed E-state index contributed by atoms with van der Waals surface area (Å²) < 4.78 is 5.38. The number of furan rings is 1. The molecule has 1 fully saturated rings. The molecule has 0 aliphatic carbocycles. The number of nitro groups is 1. The van der Waals surface area contributed by atoms with E-state index in [4.69, 9.17) is 16.0 Å². The first kappa shape index (κ1) is 22.0. The molecule has 0 spiro atoms. The second kappa shape index (κ2) is 9.54. The summed E-state index contributed by atoms with van der Waals surface area (Å²) in [5.74, 6) is 0.162. The van der Waals surface area contributed by atoms with E-state index in [9.17, 15) is 14.9 Å². The number of nitro benzene ring substituents is 1. The third-order valence-corrected chi connectivity index (χ3v) is 6.19. The Morgan fingerprint density at radius 3 is 2.53 bits per heavy atom. The summed E-state index contributed by atoms with van der Waals surface area (Å²) in [6.07, 6.45) is 3.05. The molecule has 1 aliphatic heterocycles. The van der Waals surface area contributed by atoms with Gasteiger partial charge < -0.3 is 9.32 Å². The maximum absolute atomic E-state index is 13.2. The topological polar surface area (TPSA) is 79.8 Å². The quantitative estimate of drug-likeness (QED) is 0.365. The number of nitrogens with zero attached hydrogens (tertiary/aromatic N) is 3. The Balaban J connectivity index is 1.49. The van der Waals surface area contributed by atoms with Crippen LogP contribution in [0, 0.1) is 17.0 Å². The predicted octanol–water partition coefficient (Wildman–Crippen LogP) is 5.46. The molecule has 1 aliphatic rings. The lowest BCUT2D eigenvalue weighted by Crippen LogP contribution is -2.47. The third-order valence-electron chi connectivity index (χ3n) is 5.82. The summed E-state index contributed by atoms with van der Waals surface area (Å²) >= 11 is 6.28. The fourth-order valence-electron chi connectivity index (χ4n) is 4.09. The second-order valence-corrected chi connectivity index (χ2v) is 8.44. The van der Waals surface area contributed by atoms with Gasteiger partial charge in [0.15, 0.2) is 5.76 Å². The molecule has 0 unspecified atom stereocenters. The number of piperidine rings is 1. The largest absolute Gasteiger partial charge is 0.459 e. The zero-order chi connectivity index (χ0) is 22.7. The van der Waals surface area contributed by atoms with Crippen molar-refractivity contribution in [3.05, 3.63) is 92.9 Å². The Hall–Kier alpha value is -3.16. The maximum Gasteiger partial charge on any atom is 0.294 e. The standard InChI is InChI=1S/C24H24ClN3O4/c1-17-4-6-19(7-5-17)27(24(29)23-3-2-14-32-23)20-10-12-26(13-11-20)16-18-15-21(28(30)31)8-9-22(18)25/h2-9,14-15,20H,10-13,16H2,1H3. The van der Waals surface area contributed by atoms with E-state index in [1.165, 1.54) is 18.4 Å². The summed E-state index contributed by atoms with van der Waals surface area (Å²) in [6, 6.07) is 15.9. The molecule has 0 bridgehead atoms. The number of carbonyl (C=O) groups excluding carboxylic acids is 1. The minimum Gasteiger partial charge on any atom is -0.459 e. The van der Waals surface area contributed by atoms with Gasteiger partial charge in [-0.05, 0) is 55.7 Å². The second-order valence-electron chi connectivity index (χ2n) is 8.03. The van der Waals surface area contributed by atoms with E-state index in [1.54, 1.807) is 18.2 Å². The van der Waals surface area contributed by atoms with Crippen molar-refractivity contribution in [2.24, 2.45) is 0 Å². The van der Waals surface area contributed by atoms with E-state index in [2.05, 4.69) is 4.90 Å². The summed E-state index contributed by atoms with van der Waals surface area (Å²) in [5.41, 5.74) is 2.75. The highest BCUT2D eigenvalue weighted by Crippen LogP contribution is 2.29. The van der Waals surface area contributed by atoms with E-state index >= 15 is 0 Å². The Labute approximate surface area is 191 Å². The number of halogens is 1. The molecule has 8 heteroatoms. The highest BCUT2D eigenvalue weighted by atomic mass is 35.5. The fourth-order valence-corrected chi connectivity index (χ4v) is 4.27. The lowest BCUT2D eigenvalue weighted by atomic mass is 10.0. The molecule has 3 aromatic rings. The van der Waals surface area contributed by atoms with Crippen molar-refractivity contribution >= 4 is 28.9 Å². The van der Waals surface area contributed by atoms with Crippen LogP contribution in [-0.2, 0) is 6.54 Å². The molecule has 0 radical (unpaired) electrons. The molecule has 2 aromatic carbocycles. The fraction of sp³-hybridized carbons (Fsp3) is 0.292. The molecule has 32 heavy (non-hydrogen) atoms. The first-order valence-corrected chi connectivity index (χ1v) is 10.9. The molecule has 2 heterocycles. The molecule has 1 amide bonds. The van der Waals surface area contributed by atoms with Gasteiger partial charge in [-0.15, -0.1) is 0 Å². The SMILES string of the molecule is Cc1ccc(N(C(=O)c2ccco2)C2CCN(Cc3cc([N+](=O)[O-])ccc3Cl)CC2)cc1. The lowest BCUT2D eigenvalue weighted by molar-refractivity contribution is -0.384. The number of benzene rings is 2. The zero-order valence-corrected chi connectivity index (χ0v) is 18.5. The molecule has 0 atom stereocenters. The van der Waals surface area contributed by atoms with Crippen LogP contribution in [0.2, 0.25) is 5.02 Å². The van der Waals surface area contributed by atoms with Gasteiger partial charge in [0.05, 0.1) is 11.2 Å². The number of rotatable bonds is 6. The summed E-state index contributed by atoms with van der Waals surface area (Å²) in [4.78, 5) is 28.0. The molecule has 1 aromatic heterocycles. The van der Waals surface area contributed by atoms with Gasteiger partial charge in [0.2, 0.25) is 0 Å². The summed E-state index contributed by atoms with van der Waals surface area (Å²) in [7, 11) is 0. The van der Waals surface area contributed by atoms with Crippen molar-refractivity contribution in [3.63, 3.8) is 0 Å². The van der Waals surface area contributed by atoms with Gasteiger partial charge in [-0.3, -0.25) is 19.8 Å². The minimum atomic E-state index is -0.411. The number of hydrogen-bond donors (Lipinski definition) is 0. The van der Waals surface area contributed by atoms with Crippen LogP contribution in [0.25, 0.3) is 0 Å². The van der Waals surface area contributed by atoms with Gasteiger partial charge in [-0.25, -0.2) is 0 Å². The van der Waals surface area contributed by atoms with Gasteiger partial charge in [-0.2, -0.15) is 0 Å². The van der Waals surface area contributed by atoms with Crippen LogP contribution >= 0.6 is 11.6 Å². The molecule has 0 N–H and O–H groups in total. The predicted molar refractivity (Wildman–Crippen MR) is 123 cm³/mol. The molecular weight excluding hydrogens is 430 g/mol. The molecule has 7 nitrogen and oxygen atoms in total. The van der Waals surface area contributed by atoms with Crippen LogP contribution in [0.15, 0.2) is 65.3 Å². The molecule has 166 valence electrons. The molecule has 1 saturated heterocycles. The van der Waals surface area contributed by atoms with Crippen molar-refractivity contribution in [1.29, 1.82) is 0 Å². The number of amides is 1. The number of anilines is 1. The van der Waals surface area contributed by atoms with E-state index in [0.29, 0.717) is 17.3 Å². The van der Waals surface area contributed by atoms with E-state index in [1.807, 2.05) is 36.1 Å². The average Bonchev–Trinajstić information content (AvgIpc) is 3.33. The number of hydrogen-bond acceptors (Lipinski definition) is 5. The van der Waals surface area contributed by atoms with Crippen molar-refractivity contribution in [3.8, 4) is 0 Å². The van der Waals surface area contributed by atoms with Crippen LogP contribution < -0.4 is 4.90 Å². The Bertz CT molecular complexity index is 1090. The van der Waals surface area contributed by atoms with Crippen LogP contribution in [0.5, 0.6) is 0 Å². The van der Waals surface area contributed by atoms with Gasteiger partial charge >= 0.3 is 0 Å².